The number of nitrogens with one attached hydrogen (secondary N) is 1. The van der Waals surface area contributed by atoms with Crippen LogP contribution in [-0.2, 0) is 11.2 Å². The zero-order valence-corrected chi connectivity index (χ0v) is 14.7. The molecule has 3 rings (SSSR count). The summed E-state index contributed by atoms with van der Waals surface area (Å²) >= 11 is 3.38. The highest BCUT2D eigenvalue weighted by molar-refractivity contribution is 7.99. The first-order chi connectivity index (χ1) is 11.3. The van der Waals surface area contributed by atoms with Gasteiger partial charge in [-0.05, 0) is 12.0 Å². The molecule has 1 atom stereocenters. The molecule has 23 heavy (non-hydrogen) atoms. The predicted molar refractivity (Wildman–Crippen MR) is 96.0 cm³/mol. The standard InChI is InChI=1S/C16H20N4OS2/c1-2-13-18-19-16(23-13)17-15(21)14(12-6-4-3-5-7-12)20-8-10-22-11-9-20/h3-7,14H,2,8-11H2,1H3,(H,17,19,21). The Morgan fingerprint density at radius 1 is 1.26 bits per heavy atom. The van der Waals surface area contributed by atoms with Crippen LogP contribution in [0.2, 0.25) is 0 Å². The fraction of sp³-hybridized carbons (Fsp3) is 0.438. The molecule has 2 aromatic rings. The molecule has 1 amide bonds. The van der Waals surface area contributed by atoms with Crippen LogP contribution in [-0.4, -0.2) is 45.6 Å². The lowest BCUT2D eigenvalue weighted by molar-refractivity contribution is -0.121. The molecule has 1 aromatic carbocycles. The molecular weight excluding hydrogens is 328 g/mol. The molecule has 0 bridgehead atoms. The van der Waals surface area contributed by atoms with E-state index in [0.717, 1.165) is 41.6 Å². The fourth-order valence-corrected chi connectivity index (χ4v) is 4.23. The van der Waals surface area contributed by atoms with Crippen LogP contribution in [0.25, 0.3) is 0 Å². The summed E-state index contributed by atoms with van der Waals surface area (Å²) in [5, 5.41) is 12.6. The summed E-state index contributed by atoms with van der Waals surface area (Å²) in [6.45, 7) is 3.88. The van der Waals surface area contributed by atoms with E-state index in [4.69, 9.17) is 0 Å². The molecule has 1 aliphatic rings. The van der Waals surface area contributed by atoms with E-state index in [-0.39, 0.29) is 11.9 Å². The molecule has 1 unspecified atom stereocenters. The first kappa shape index (κ1) is 16.4. The van der Waals surface area contributed by atoms with Crippen LogP contribution in [0, 0.1) is 0 Å². The van der Waals surface area contributed by atoms with Gasteiger partial charge >= 0.3 is 0 Å². The van der Waals surface area contributed by atoms with Crippen molar-refractivity contribution in [1.29, 1.82) is 0 Å². The Balaban J connectivity index is 1.80. The predicted octanol–water partition coefficient (Wildman–Crippen LogP) is 2.83. The Morgan fingerprint density at radius 2 is 2.00 bits per heavy atom. The summed E-state index contributed by atoms with van der Waals surface area (Å²) in [5.41, 5.74) is 1.03. The summed E-state index contributed by atoms with van der Waals surface area (Å²) < 4.78 is 0. The number of anilines is 1. The normalized spacial score (nSPS) is 16.9. The minimum atomic E-state index is -0.272. The first-order valence-corrected chi connectivity index (χ1v) is 9.75. The van der Waals surface area contributed by atoms with Gasteiger partial charge in [0.15, 0.2) is 0 Å². The van der Waals surface area contributed by atoms with Crippen molar-refractivity contribution < 1.29 is 4.79 Å². The number of amides is 1. The third kappa shape index (κ3) is 4.10. The van der Waals surface area contributed by atoms with Gasteiger partial charge in [-0.1, -0.05) is 48.6 Å². The van der Waals surface area contributed by atoms with Gasteiger partial charge in [-0.2, -0.15) is 11.8 Å². The summed E-state index contributed by atoms with van der Waals surface area (Å²) in [5.74, 6) is 2.10. The number of aryl methyl sites for hydroxylation is 1. The van der Waals surface area contributed by atoms with E-state index in [1.807, 2.05) is 49.0 Å². The third-order valence-corrected chi connectivity index (χ3v) is 5.70. The van der Waals surface area contributed by atoms with Crippen molar-refractivity contribution in [3.05, 3.63) is 40.9 Å². The van der Waals surface area contributed by atoms with Crippen LogP contribution in [0.1, 0.15) is 23.5 Å². The van der Waals surface area contributed by atoms with Gasteiger partial charge in [-0.3, -0.25) is 15.0 Å². The van der Waals surface area contributed by atoms with Crippen molar-refractivity contribution >= 4 is 34.1 Å². The van der Waals surface area contributed by atoms with Gasteiger partial charge in [0, 0.05) is 24.6 Å². The van der Waals surface area contributed by atoms with Crippen LogP contribution in [0.4, 0.5) is 5.13 Å². The van der Waals surface area contributed by atoms with Crippen molar-refractivity contribution in [3.8, 4) is 0 Å². The Hall–Kier alpha value is -1.44. The molecule has 1 saturated heterocycles. The van der Waals surface area contributed by atoms with Crippen molar-refractivity contribution in [2.45, 2.75) is 19.4 Å². The average Bonchev–Trinajstić information content (AvgIpc) is 3.04. The second-order valence-electron chi connectivity index (χ2n) is 5.31. The lowest BCUT2D eigenvalue weighted by atomic mass is 10.0. The zero-order chi connectivity index (χ0) is 16.1. The molecule has 2 heterocycles. The van der Waals surface area contributed by atoms with E-state index in [9.17, 15) is 4.79 Å². The Kier molecular flexibility index (Phi) is 5.64. The molecule has 0 aliphatic carbocycles. The maximum atomic E-state index is 12.9. The molecule has 0 spiro atoms. The minimum Gasteiger partial charge on any atom is -0.299 e. The molecule has 7 heteroatoms. The van der Waals surface area contributed by atoms with Crippen molar-refractivity contribution in [3.63, 3.8) is 0 Å². The summed E-state index contributed by atoms with van der Waals surface area (Å²) in [6, 6.07) is 9.70. The number of benzene rings is 1. The number of rotatable bonds is 5. The molecule has 1 aliphatic heterocycles. The van der Waals surface area contributed by atoms with E-state index in [2.05, 4.69) is 20.4 Å². The third-order valence-electron chi connectivity index (χ3n) is 3.77. The number of hydrogen-bond donors (Lipinski definition) is 1. The SMILES string of the molecule is CCc1nnc(NC(=O)C(c2ccccc2)N2CCSCC2)s1. The number of hydrogen-bond acceptors (Lipinski definition) is 6. The van der Waals surface area contributed by atoms with Crippen LogP contribution in [0.15, 0.2) is 30.3 Å². The number of thioether (sulfide) groups is 1. The van der Waals surface area contributed by atoms with Crippen molar-refractivity contribution in [1.82, 2.24) is 15.1 Å². The highest BCUT2D eigenvalue weighted by Crippen LogP contribution is 2.26. The smallest absolute Gasteiger partial charge is 0.248 e. The second kappa shape index (κ2) is 7.90. The van der Waals surface area contributed by atoms with E-state index < -0.39 is 0 Å². The molecule has 0 saturated carbocycles. The quantitative estimate of drug-likeness (QED) is 0.900. The maximum Gasteiger partial charge on any atom is 0.248 e. The van der Waals surface area contributed by atoms with Crippen LogP contribution >= 0.6 is 23.1 Å². The molecule has 122 valence electrons. The van der Waals surface area contributed by atoms with Gasteiger partial charge in [-0.25, -0.2) is 0 Å². The van der Waals surface area contributed by atoms with Gasteiger partial charge in [0.1, 0.15) is 11.0 Å². The average molecular weight is 348 g/mol. The van der Waals surface area contributed by atoms with Crippen LogP contribution in [0.3, 0.4) is 0 Å². The minimum absolute atomic E-state index is 0.0260. The molecule has 5 nitrogen and oxygen atoms in total. The zero-order valence-electron chi connectivity index (χ0n) is 13.1. The van der Waals surface area contributed by atoms with Gasteiger partial charge in [-0.15, -0.1) is 10.2 Å². The largest absolute Gasteiger partial charge is 0.299 e. The second-order valence-corrected chi connectivity index (χ2v) is 7.59. The number of carbonyl (C=O) groups is 1. The number of nitrogens with zero attached hydrogens (tertiary/aromatic N) is 3. The monoisotopic (exact) mass is 348 g/mol. The van der Waals surface area contributed by atoms with Gasteiger partial charge in [0.05, 0.1) is 0 Å². The van der Waals surface area contributed by atoms with E-state index in [1.54, 1.807) is 0 Å². The van der Waals surface area contributed by atoms with E-state index >= 15 is 0 Å². The number of carbonyl (C=O) groups excluding carboxylic acids is 1. The first-order valence-electron chi connectivity index (χ1n) is 7.78. The molecule has 1 fully saturated rings. The van der Waals surface area contributed by atoms with Gasteiger partial charge in [0.25, 0.3) is 0 Å². The summed E-state index contributed by atoms with van der Waals surface area (Å²) in [4.78, 5) is 15.1. The lowest BCUT2D eigenvalue weighted by Gasteiger charge is -2.33. The Morgan fingerprint density at radius 3 is 2.65 bits per heavy atom. The van der Waals surface area contributed by atoms with E-state index in [0.29, 0.717) is 5.13 Å². The highest BCUT2D eigenvalue weighted by atomic mass is 32.2. The van der Waals surface area contributed by atoms with Gasteiger partial charge < -0.3 is 0 Å². The highest BCUT2D eigenvalue weighted by Gasteiger charge is 2.29. The Labute approximate surface area is 144 Å². The fourth-order valence-electron chi connectivity index (χ4n) is 2.62. The molecule has 1 N–H and O–H groups in total. The summed E-state index contributed by atoms with van der Waals surface area (Å²) in [6.07, 6.45) is 0.832. The molecule has 1 aromatic heterocycles. The molecular formula is C16H20N4OS2. The maximum absolute atomic E-state index is 12.9. The van der Waals surface area contributed by atoms with Crippen LogP contribution in [0.5, 0.6) is 0 Å². The van der Waals surface area contributed by atoms with Crippen LogP contribution < -0.4 is 5.32 Å². The van der Waals surface area contributed by atoms with Crippen molar-refractivity contribution in [2.24, 2.45) is 0 Å². The van der Waals surface area contributed by atoms with Gasteiger partial charge in [0.2, 0.25) is 11.0 Å². The van der Waals surface area contributed by atoms with Crippen molar-refractivity contribution in [2.75, 3.05) is 29.9 Å². The molecule has 0 radical (unpaired) electrons. The summed E-state index contributed by atoms with van der Waals surface area (Å²) in [7, 11) is 0. The Bertz CT molecular complexity index is 641. The topological polar surface area (TPSA) is 58.1 Å². The number of aromatic nitrogens is 2. The lowest BCUT2D eigenvalue weighted by Crippen LogP contribution is -2.41. The van der Waals surface area contributed by atoms with E-state index in [1.165, 1.54) is 11.3 Å².